The third-order valence-electron chi connectivity index (χ3n) is 5.79. The quantitative estimate of drug-likeness (QED) is 0.0897. The van der Waals surface area contributed by atoms with Crippen LogP contribution >= 0.6 is 0 Å². The van der Waals surface area contributed by atoms with Gasteiger partial charge in [0.25, 0.3) is 0 Å². The summed E-state index contributed by atoms with van der Waals surface area (Å²) in [6.45, 7) is 5.65. The largest absolute Gasteiger partial charge is 0.456 e. The molecule has 0 radical (unpaired) electrons. The molecule has 14 heteroatoms. The second-order valence-electron chi connectivity index (χ2n) is 9.17. The number of nitrogens with one attached hydrogen (secondary N) is 2. The molecule has 0 saturated carbocycles. The fourth-order valence-corrected chi connectivity index (χ4v) is 3.70. The first kappa shape index (κ1) is 36.6. The molecule has 1 aromatic heterocycles. The van der Waals surface area contributed by atoms with Gasteiger partial charge in [-0.25, -0.2) is 9.18 Å². The van der Waals surface area contributed by atoms with Crippen molar-refractivity contribution in [1.82, 2.24) is 4.98 Å². The van der Waals surface area contributed by atoms with Crippen LogP contribution in [-0.4, -0.2) is 41.9 Å². The number of rotatable bonds is 10. The number of aromatic amines is 1. The number of fused-ring (bicyclic) bond motifs is 1. The molecular weight excluding hydrogens is 613 g/mol. The Labute approximate surface area is 254 Å². The summed E-state index contributed by atoms with van der Waals surface area (Å²) in [5.74, 6) is -5.02. The minimum atomic E-state index is -5.32. The third-order valence-corrected chi connectivity index (χ3v) is 5.79. The molecule has 0 aliphatic rings. The minimum Gasteiger partial charge on any atom is -0.456 e. The first-order valence-corrected chi connectivity index (χ1v) is 13.4. The van der Waals surface area contributed by atoms with Crippen molar-refractivity contribution >= 4 is 28.5 Å². The molecule has 7 nitrogen and oxygen atoms in total. The number of aliphatic hydroxyl groups excluding tert-OH is 1. The van der Waals surface area contributed by atoms with Crippen LogP contribution in [0.4, 0.5) is 36.4 Å². The van der Waals surface area contributed by atoms with Crippen molar-refractivity contribution in [2.75, 3.05) is 25.2 Å². The van der Waals surface area contributed by atoms with Gasteiger partial charge < -0.3 is 24.9 Å². The predicted octanol–water partition coefficient (Wildman–Crippen LogP) is 8.07. The zero-order valence-corrected chi connectivity index (χ0v) is 24.2. The lowest BCUT2D eigenvalue weighted by Gasteiger charge is -2.21. The number of anilines is 1. The van der Waals surface area contributed by atoms with Gasteiger partial charge in [-0.2, -0.15) is 26.3 Å². The number of allylic oxidation sites excluding steroid dienone is 5. The summed E-state index contributed by atoms with van der Waals surface area (Å²) in [6, 6.07) is 4.42. The van der Waals surface area contributed by atoms with Crippen molar-refractivity contribution in [3.8, 4) is 11.5 Å². The van der Waals surface area contributed by atoms with E-state index in [4.69, 9.17) is 9.84 Å². The summed E-state index contributed by atoms with van der Waals surface area (Å²) in [5, 5.41) is 10.8. The molecule has 0 bridgehead atoms. The molecule has 1 heterocycles. The number of benzene rings is 2. The van der Waals surface area contributed by atoms with Gasteiger partial charge in [0.2, 0.25) is 0 Å². The Bertz CT molecular complexity index is 1500. The lowest BCUT2D eigenvalue weighted by molar-refractivity contribution is -0.153. The monoisotopic (exact) mass is 644 g/mol. The van der Waals surface area contributed by atoms with Crippen molar-refractivity contribution in [2.45, 2.75) is 39.0 Å². The van der Waals surface area contributed by atoms with Gasteiger partial charge in [-0.05, 0) is 54.3 Å². The molecule has 0 saturated heterocycles. The number of ether oxygens (including phenoxy) is 2. The van der Waals surface area contributed by atoms with Crippen molar-refractivity contribution in [3.05, 3.63) is 89.7 Å². The van der Waals surface area contributed by atoms with Gasteiger partial charge in [0, 0.05) is 22.8 Å². The lowest BCUT2D eigenvalue weighted by Crippen LogP contribution is -2.26. The smallest absolute Gasteiger partial charge is 0.420 e. The molecule has 3 N–H and O–H groups in total. The highest BCUT2D eigenvalue weighted by Gasteiger charge is 2.43. The Morgan fingerprint density at radius 3 is 2.20 bits per heavy atom. The second-order valence-corrected chi connectivity index (χ2v) is 9.17. The fourth-order valence-electron chi connectivity index (χ4n) is 3.70. The van der Waals surface area contributed by atoms with Crippen molar-refractivity contribution in [1.29, 1.82) is 0 Å². The standard InChI is InChI=1S/C22H18F6N2O5.C9H13F/c1-2-11-10-29-17-4-3-13(9-14(11)17)35-18-15(21(23,24)25)7-12(8-16(18)22(26,27)28)30-19(32)20(33)34-6-5-31;1-3-4-5-6-7-9(2)8-10/h3-4,7-10,29,31H,2,5-6H2,1H3,(H,30,32);4-7H,2-3,8H2,1H3/b;5-4-,7-6-. The first-order chi connectivity index (χ1) is 21.2. The van der Waals surface area contributed by atoms with E-state index in [1.165, 1.54) is 18.2 Å². The van der Waals surface area contributed by atoms with Crippen LogP contribution in [-0.2, 0) is 33.1 Å². The van der Waals surface area contributed by atoms with E-state index >= 15 is 0 Å². The number of esters is 1. The molecule has 244 valence electrons. The van der Waals surface area contributed by atoms with Crippen LogP contribution in [0, 0.1) is 0 Å². The van der Waals surface area contributed by atoms with E-state index in [9.17, 15) is 40.3 Å². The highest BCUT2D eigenvalue weighted by molar-refractivity contribution is 6.37. The first-order valence-electron chi connectivity index (χ1n) is 13.4. The molecule has 0 unspecified atom stereocenters. The number of halogens is 7. The summed E-state index contributed by atoms with van der Waals surface area (Å²) in [5.41, 5.74) is -2.69. The Morgan fingerprint density at radius 2 is 1.67 bits per heavy atom. The molecule has 0 aliphatic carbocycles. The number of H-pyrrole nitrogens is 1. The van der Waals surface area contributed by atoms with Gasteiger partial charge in [-0.1, -0.05) is 44.7 Å². The Balaban J connectivity index is 0.000000607. The van der Waals surface area contributed by atoms with Crippen molar-refractivity contribution < 1.29 is 54.9 Å². The van der Waals surface area contributed by atoms with E-state index in [1.54, 1.807) is 23.7 Å². The van der Waals surface area contributed by atoms with Gasteiger partial charge in [0.1, 0.15) is 30.2 Å². The summed E-state index contributed by atoms with van der Waals surface area (Å²) in [6.07, 6.45) is -0.0483. The van der Waals surface area contributed by atoms with Crippen LogP contribution < -0.4 is 10.1 Å². The average Bonchev–Trinajstić information content (AvgIpc) is 3.40. The molecule has 1 amide bonds. The number of hydrogen-bond acceptors (Lipinski definition) is 5. The van der Waals surface area contributed by atoms with E-state index < -0.39 is 66.7 Å². The fraction of sp³-hybridized carbons (Fsp3) is 0.290. The predicted molar refractivity (Wildman–Crippen MR) is 155 cm³/mol. The molecule has 0 fully saturated rings. The second kappa shape index (κ2) is 16.5. The van der Waals surface area contributed by atoms with Crippen LogP contribution in [0.15, 0.2) is 73.0 Å². The van der Waals surface area contributed by atoms with E-state index in [0.29, 0.717) is 22.9 Å². The van der Waals surface area contributed by atoms with Crippen LogP contribution in [0.3, 0.4) is 0 Å². The number of aromatic nitrogens is 1. The normalized spacial score (nSPS) is 11.9. The number of amides is 1. The molecule has 3 aromatic rings. The number of hydrogen-bond donors (Lipinski definition) is 3. The maximum atomic E-state index is 13.8. The highest BCUT2D eigenvalue weighted by Crippen LogP contribution is 2.47. The third kappa shape index (κ3) is 10.8. The molecule has 0 spiro atoms. The molecule has 2 aromatic carbocycles. The van der Waals surface area contributed by atoms with Gasteiger partial charge in [-0.15, -0.1) is 0 Å². The summed E-state index contributed by atoms with van der Waals surface area (Å²) in [7, 11) is 0. The van der Waals surface area contributed by atoms with Crippen molar-refractivity contribution in [3.63, 3.8) is 0 Å². The molecule has 3 rings (SSSR count). The number of carbonyl (C=O) groups excluding carboxylic acids is 2. The van der Waals surface area contributed by atoms with Gasteiger partial charge in [-0.3, -0.25) is 4.79 Å². The number of alkyl halides is 7. The molecule has 0 atom stereocenters. The lowest BCUT2D eigenvalue weighted by atomic mass is 10.1. The Hall–Kier alpha value is -4.59. The van der Waals surface area contributed by atoms with Gasteiger partial charge in [0.05, 0.1) is 6.61 Å². The summed E-state index contributed by atoms with van der Waals surface area (Å²) >= 11 is 0. The Morgan fingerprint density at radius 1 is 1.02 bits per heavy atom. The Kier molecular flexibility index (Phi) is 13.4. The van der Waals surface area contributed by atoms with E-state index in [2.05, 4.69) is 16.3 Å². The van der Waals surface area contributed by atoms with Gasteiger partial charge in [0.15, 0.2) is 5.75 Å². The number of aryl methyl sites for hydroxylation is 1. The van der Waals surface area contributed by atoms with E-state index in [-0.39, 0.29) is 17.9 Å². The maximum absolute atomic E-state index is 13.8. The zero-order valence-electron chi connectivity index (χ0n) is 24.2. The van der Waals surface area contributed by atoms with E-state index in [1.807, 2.05) is 26.0 Å². The summed E-state index contributed by atoms with van der Waals surface area (Å²) in [4.78, 5) is 26.3. The minimum absolute atomic E-state index is 0.216. The highest BCUT2D eigenvalue weighted by atomic mass is 19.4. The number of aliphatic hydroxyl groups is 1. The maximum Gasteiger partial charge on any atom is 0.420 e. The van der Waals surface area contributed by atoms with Gasteiger partial charge >= 0.3 is 24.2 Å². The SMILES string of the molecule is C=C(/C=C\C=C/CC)CF.CCc1c[nH]c2ccc(Oc3c(C(F)(F)F)cc(NC(=O)C(=O)OCCO)cc3C(F)(F)F)cc12. The molecule has 0 aliphatic heterocycles. The topological polar surface area (TPSA) is 101 Å². The average molecular weight is 645 g/mol. The van der Waals surface area contributed by atoms with Crippen LogP contribution in [0.2, 0.25) is 0 Å². The summed E-state index contributed by atoms with van der Waals surface area (Å²) < 4.78 is 104. The van der Waals surface area contributed by atoms with Crippen LogP contribution in [0.25, 0.3) is 10.9 Å². The van der Waals surface area contributed by atoms with Crippen LogP contribution in [0.5, 0.6) is 11.5 Å². The van der Waals surface area contributed by atoms with E-state index in [0.717, 1.165) is 12.0 Å². The zero-order chi connectivity index (χ0) is 33.8. The molecule has 45 heavy (non-hydrogen) atoms. The molecular formula is C31H31F7N2O5. The van der Waals surface area contributed by atoms with Crippen molar-refractivity contribution in [2.24, 2.45) is 0 Å². The number of carbonyl (C=O) groups is 2. The van der Waals surface area contributed by atoms with Crippen LogP contribution in [0.1, 0.15) is 37.0 Å².